The number of hydrogen-bond donors (Lipinski definition) is 1. The molecule has 0 aromatic heterocycles. The summed E-state index contributed by atoms with van der Waals surface area (Å²) in [4.78, 5) is 12.1. The summed E-state index contributed by atoms with van der Waals surface area (Å²) in [7, 11) is 0. The molecule has 0 saturated heterocycles. The van der Waals surface area contributed by atoms with Crippen LogP contribution in [0.2, 0.25) is 5.02 Å². The van der Waals surface area contributed by atoms with Crippen LogP contribution in [0.5, 0.6) is 0 Å². The third-order valence-corrected chi connectivity index (χ3v) is 3.45. The van der Waals surface area contributed by atoms with Gasteiger partial charge in [0.05, 0.1) is 5.71 Å². The Morgan fingerprint density at radius 2 is 1.81 bits per heavy atom. The molecule has 3 nitrogen and oxygen atoms in total. The van der Waals surface area contributed by atoms with Gasteiger partial charge in [-0.05, 0) is 42.7 Å². The van der Waals surface area contributed by atoms with Crippen LogP contribution in [0.3, 0.4) is 0 Å². The van der Waals surface area contributed by atoms with Gasteiger partial charge in [0.15, 0.2) is 0 Å². The van der Waals surface area contributed by atoms with Crippen molar-refractivity contribution in [3.05, 3.63) is 70.2 Å². The van der Waals surface area contributed by atoms with Gasteiger partial charge in [-0.15, -0.1) is 0 Å². The Labute approximate surface area is 129 Å². The van der Waals surface area contributed by atoms with Crippen molar-refractivity contribution in [3.8, 4) is 0 Å². The number of aryl methyl sites for hydroxylation is 1. The molecule has 0 saturated carbocycles. The molecule has 0 bridgehead atoms. The standard InChI is InChI=1S/C17H17ClN2O/c1-3-16(13-8-10-14(18)11-9-13)19-20-17(21)15-7-5-4-6-12(15)2/h4-11H,3H2,1-2H3,(H,20,21)/b19-16+. The summed E-state index contributed by atoms with van der Waals surface area (Å²) >= 11 is 5.87. The molecule has 0 fully saturated rings. The van der Waals surface area contributed by atoms with Crippen molar-refractivity contribution in [2.24, 2.45) is 5.10 Å². The number of nitrogens with one attached hydrogen (secondary N) is 1. The molecule has 4 heteroatoms. The maximum absolute atomic E-state index is 12.1. The molecule has 21 heavy (non-hydrogen) atoms. The number of carbonyl (C=O) groups excluding carboxylic acids is 1. The fourth-order valence-corrected chi connectivity index (χ4v) is 2.12. The Morgan fingerprint density at radius 1 is 1.14 bits per heavy atom. The Kier molecular flexibility index (Phi) is 5.12. The van der Waals surface area contributed by atoms with Gasteiger partial charge in [0.1, 0.15) is 0 Å². The monoisotopic (exact) mass is 300 g/mol. The van der Waals surface area contributed by atoms with Gasteiger partial charge in [-0.3, -0.25) is 4.79 Å². The predicted molar refractivity (Wildman–Crippen MR) is 86.9 cm³/mol. The third-order valence-electron chi connectivity index (χ3n) is 3.19. The largest absolute Gasteiger partial charge is 0.271 e. The summed E-state index contributed by atoms with van der Waals surface area (Å²) in [5.74, 6) is -0.201. The van der Waals surface area contributed by atoms with Crippen LogP contribution in [-0.4, -0.2) is 11.6 Å². The zero-order valence-electron chi connectivity index (χ0n) is 12.1. The molecule has 0 aliphatic heterocycles. The van der Waals surface area contributed by atoms with Crippen LogP contribution in [0.1, 0.15) is 34.8 Å². The van der Waals surface area contributed by atoms with E-state index < -0.39 is 0 Å². The molecule has 108 valence electrons. The lowest BCUT2D eigenvalue weighted by Gasteiger charge is -2.07. The molecule has 1 amide bonds. The number of amides is 1. The van der Waals surface area contributed by atoms with Crippen LogP contribution in [0, 0.1) is 6.92 Å². The molecule has 0 aliphatic rings. The maximum atomic E-state index is 12.1. The van der Waals surface area contributed by atoms with Gasteiger partial charge < -0.3 is 0 Å². The number of benzene rings is 2. The minimum Gasteiger partial charge on any atom is -0.267 e. The molecule has 1 N–H and O–H groups in total. The summed E-state index contributed by atoms with van der Waals surface area (Å²) in [6.45, 7) is 3.89. The van der Waals surface area contributed by atoms with Gasteiger partial charge in [-0.1, -0.05) is 48.9 Å². The zero-order valence-corrected chi connectivity index (χ0v) is 12.8. The normalized spacial score (nSPS) is 11.3. The number of hydrazone groups is 1. The number of rotatable bonds is 4. The average molecular weight is 301 g/mol. The summed E-state index contributed by atoms with van der Waals surface area (Å²) < 4.78 is 0. The minimum absolute atomic E-state index is 0.201. The van der Waals surface area contributed by atoms with Crippen molar-refractivity contribution in [1.82, 2.24) is 5.43 Å². The lowest BCUT2D eigenvalue weighted by atomic mass is 10.1. The summed E-state index contributed by atoms with van der Waals surface area (Å²) in [5, 5.41) is 4.91. The van der Waals surface area contributed by atoms with Crippen molar-refractivity contribution in [2.75, 3.05) is 0 Å². The van der Waals surface area contributed by atoms with Crippen LogP contribution >= 0.6 is 11.6 Å². The van der Waals surface area contributed by atoms with Gasteiger partial charge in [-0.25, -0.2) is 5.43 Å². The number of hydrogen-bond acceptors (Lipinski definition) is 2. The van der Waals surface area contributed by atoms with E-state index in [1.54, 1.807) is 6.07 Å². The topological polar surface area (TPSA) is 41.5 Å². The first kappa shape index (κ1) is 15.3. The van der Waals surface area contributed by atoms with E-state index >= 15 is 0 Å². The SMILES string of the molecule is CC/C(=N\NC(=O)c1ccccc1C)c1ccc(Cl)cc1. The molecule has 2 aromatic rings. The summed E-state index contributed by atoms with van der Waals surface area (Å²) in [6.07, 6.45) is 0.718. The lowest BCUT2D eigenvalue weighted by Crippen LogP contribution is -2.20. The van der Waals surface area contributed by atoms with E-state index in [0.717, 1.165) is 23.3 Å². The van der Waals surface area contributed by atoms with Crippen molar-refractivity contribution in [3.63, 3.8) is 0 Å². The molecule has 0 heterocycles. The smallest absolute Gasteiger partial charge is 0.267 e. The number of halogens is 1. The molecule has 2 rings (SSSR count). The number of carbonyl (C=O) groups is 1. The van der Waals surface area contributed by atoms with E-state index in [2.05, 4.69) is 10.5 Å². The molecular formula is C17H17ClN2O. The Bertz CT molecular complexity index is 663. The van der Waals surface area contributed by atoms with E-state index in [9.17, 15) is 4.79 Å². The Hall–Kier alpha value is -2.13. The van der Waals surface area contributed by atoms with E-state index in [0.29, 0.717) is 10.6 Å². The Balaban J connectivity index is 2.16. The summed E-state index contributed by atoms with van der Waals surface area (Å²) in [6, 6.07) is 14.8. The minimum atomic E-state index is -0.201. The molecule has 0 unspecified atom stereocenters. The van der Waals surface area contributed by atoms with Crippen LogP contribution in [0.15, 0.2) is 53.6 Å². The second-order valence-corrected chi connectivity index (χ2v) is 5.11. The van der Waals surface area contributed by atoms with Crippen LogP contribution in [0.4, 0.5) is 0 Å². The quantitative estimate of drug-likeness (QED) is 0.667. The van der Waals surface area contributed by atoms with Gasteiger partial charge >= 0.3 is 0 Å². The van der Waals surface area contributed by atoms with Crippen LogP contribution < -0.4 is 5.43 Å². The highest BCUT2D eigenvalue weighted by Gasteiger charge is 2.08. The van der Waals surface area contributed by atoms with Crippen LogP contribution in [0.25, 0.3) is 0 Å². The molecule has 2 aromatic carbocycles. The fourth-order valence-electron chi connectivity index (χ4n) is 2.00. The molecule has 0 radical (unpaired) electrons. The Morgan fingerprint density at radius 3 is 2.43 bits per heavy atom. The molecule has 0 spiro atoms. The first-order valence-electron chi connectivity index (χ1n) is 6.80. The van der Waals surface area contributed by atoms with Gasteiger partial charge in [-0.2, -0.15) is 5.10 Å². The van der Waals surface area contributed by atoms with Crippen molar-refractivity contribution < 1.29 is 4.79 Å². The van der Waals surface area contributed by atoms with Gasteiger partial charge in [0, 0.05) is 10.6 Å². The van der Waals surface area contributed by atoms with E-state index in [1.807, 2.05) is 56.3 Å². The predicted octanol–water partition coefficient (Wildman–Crippen LogP) is 4.19. The second kappa shape index (κ2) is 7.04. The van der Waals surface area contributed by atoms with E-state index in [4.69, 9.17) is 11.6 Å². The zero-order chi connectivity index (χ0) is 15.2. The molecular weight excluding hydrogens is 284 g/mol. The van der Waals surface area contributed by atoms with Gasteiger partial charge in [0.25, 0.3) is 5.91 Å². The highest BCUT2D eigenvalue weighted by atomic mass is 35.5. The third kappa shape index (κ3) is 3.92. The van der Waals surface area contributed by atoms with E-state index in [1.165, 1.54) is 0 Å². The fraction of sp³-hybridized carbons (Fsp3) is 0.176. The first-order valence-corrected chi connectivity index (χ1v) is 7.18. The molecule has 0 atom stereocenters. The maximum Gasteiger partial charge on any atom is 0.271 e. The number of nitrogens with zero attached hydrogens (tertiary/aromatic N) is 1. The van der Waals surface area contributed by atoms with E-state index in [-0.39, 0.29) is 5.91 Å². The molecule has 0 aliphatic carbocycles. The van der Waals surface area contributed by atoms with Crippen molar-refractivity contribution in [2.45, 2.75) is 20.3 Å². The second-order valence-electron chi connectivity index (χ2n) is 4.67. The van der Waals surface area contributed by atoms with Crippen LogP contribution in [-0.2, 0) is 0 Å². The van der Waals surface area contributed by atoms with Crippen molar-refractivity contribution >= 4 is 23.2 Å². The lowest BCUT2D eigenvalue weighted by molar-refractivity contribution is 0.0954. The highest BCUT2D eigenvalue weighted by Crippen LogP contribution is 2.12. The summed E-state index contributed by atoms with van der Waals surface area (Å²) in [5.41, 5.74) is 5.94. The first-order chi connectivity index (χ1) is 10.1. The highest BCUT2D eigenvalue weighted by molar-refractivity contribution is 6.30. The average Bonchev–Trinajstić information content (AvgIpc) is 2.49. The van der Waals surface area contributed by atoms with Crippen molar-refractivity contribution in [1.29, 1.82) is 0 Å². The van der Waals surface area contributed by atoms with Gasteiger partial charge in [0.2, 0.25) is 0 Å².